The van der Waals surface area contributed by atoms with Crippen molar-refractivity contribution in [3.8, 4) is 5.75 Å². The van der Waals surface area contributed by atoms with Gasteiger partial charge in [-0.2, -0.15) is 0 Å². The number of hydrogen-bond acceptors (Lipinski definition) is 1. The fourth-order valence-electron chi connectivity index (χ4n) is 2.05. The second-order valence-corrected chi connectivity index (χ2v) is 5.61. The molecule has 19 heavy (non-hydrogen) atoms. The van der Waals surface area contributed by atoms with Gasteiger partial charge in [0.25, 0.3) is 0 Å². The van der Waals surface area contributed by atoms with Crippen LogP contribution in [0, 0.1) is 5.92 Å². The lowest BCUT2D eigenvalue weighted by atomic mass is 9.95. The van der Waals surface area contributed by atoms with Crippen molar-refractivity contribution in [2.45, 2.75) is 26.4 Å². The van der Waals surface area contributed by atoms with Crippen LogP contribution >= 0.6 is 15.9 Å². The van der Waals surface area contributed by atoms with Crippen LogP contribution in [0.1, 0.15) is 31.9 Å². The molecule has 2 unspecified atom stereocenters. The Morgan fingerprint density at radius 1 is 1.00 bits per heavy atom. The van der Waals surface area contributed by atoms with Gasteiger partial charge in [-0.1, -0.05) is 66.2 Å². The van der Waals surface area contributed by atoms with E-state index in [1.165, 1.54) is 5.56 Å². The number of benzene rings is 2. The van der Waals surface area contributed by atoms with Gasteiger partial charge in [-0.15, -0.1) is 0 Å². The quantitative estimate of drug-likeness (QED) is 0.695. The molecule has 2 aromatic carbocycles. The van der Waals surface area contributed by atoms with Crippen LogP contribution in [0.4, 0.5) is 0 Å². The van der Waals surface area contributed by atoms with Gasteiger partial charge >= 0.3 is 0 Å². The second-order valence-electron chi connectivity index (χ2n) is 4.76. The van der Waals surface area contributed by atoms with Crippen LogP contribution in [-0.2, 0) is 0 Å². The predicted molar refractivity (Wildman–Crippen MR) is 83.4 cm³/mol. The summed E-state index contributed by atoms with van der Waals surface area (Å²) in [5.41, 5.74) is 1.21. The van der Waals surface area contributed by atoms with Crippen LogP contribution < -0.4 is 4.74 Å². The first-order valence-electron chi connectivity index (χ1n) is 6.68. The normalized spacial score (nSPS) is 13.8. The molecule has 0 aliphatic rings. The fraction of sp³-hybridized carbons (Fsp3) is 0.294. The van der Waals surface area contributed by atoms with E-state index in [1.54, 1.807) is 0 Å². The van der Waals surface area contributed by atoms with Crippen molar-refractivity contribution >= 4 is 15.9 Å². The van der Waals surface area contributed by atoms with E-state index < -0.39 is 0 Å². The van der Waals surface area contributed by atoms with Crippen LogP contribution in [-0.4, -0.2) is 0 Å². The van der Waals surface area contributed by atoms with Gasteiger partial charge in [0.2, 0.25) is 0 Å². The van der Waals surface area contributed by atoms with Gasteiger partial charge < -0.3 is 4.74 Å². The summed E-state index contributed by atoms with van der Waals surface area (Å²) in [6.45, 7) is 4.43. The maximum Gasteiger partial charge on any atom is 0.127 e. The lowest BCUT2D eigenvalue weighted by Crippen LogP contribution is -2.16. The molecule has 1 nitrogen and oxygen atoms in total. The Balaban J connectivity index is 2.29. The molecule has 0 saturated carbocycles. The molecule has 0 amide bonds. The highest BCUT2D eigenvalue weighted by atomic mass is 79.9. The van der Waals surface area contributed by atoms with Gasteiger partial charge in [0.05, 0.1) is 0 Å². The largest absolute Gasteiger partial charge is 0.485 e. The van der Waals surface area contributed by atoms with E-state index in [0.29, 0.717) is 5.92 Å². The monoisotopic (exact) mass is 318 g/mol. The highest BCUT2D eigenvalue weighted by Gasteiger charge is 2.21. The van der Waals surface area contributed by atoms with Crippen LogP contribution in [0.3, 0.4) is 0 Å². The number of ether oxygens (including phenoxy) is 1. The summed E-state index contributed by atoms with van der Waals surface area (Å²) in [6, 6.07) is 18.3. The molecule has 0 radical (unpaired) electrons. The molecule has 0 fully saturated rings. The van der Waals surface area contributed by atoms with Crippen LogP contribution in [0.25, 0.3) is 0 Å². The molecule has 2 heteroatoms. The lowest BCUT2D eigenvalue weighted by molar-refractivity contribution is 0.141. The first-order valence-corrected chi connectivity index (χ1v) is 7.47. The van der Waals surface area contributed by atoms with E-state index in [2.05, 4.69) is 48.0 Å². The molecule has 2 atom stereocenters. The Morgan fingerprint density at radius 3 is 2.26 bits per heavy atom. The van der Waals surface area contributed by atoms with Gasteiger partial charge in [0.1, 0.15) is 11.9 Å². The summed E-state index contributed by atoms with van der Waals surface area (Å²) in [5, 5.41) is 0. The maximum absolute atomic E-state index is 6.20. The molecule has 2 rings (SSSR count). The molecular weight excluding hydrogens is 300 g/mol. The first kappa shape index (κ1) is 14.1. The Hall–Kier alpha value is -1.28. The molecule has 0 bridgehead atoms. The number of hydrogen-bond donors (Lipinski definition) is 0. The molecule has 0 saturated heterocycles. The van der Waals surface area contributed by atoms with Crippen molar-refractivity contribution in [3.63, 3.8) is 0 Å². The Labute approximate surface area is 123 Å². The molecular formula is C17H19BrO. The van der Waals surface area contributed by atoms with E-state index in [9.17, 15) is 0 Å². The van der Waals surface area contributed by atoms with Crippen molar-refractivity contribution in [1.29, 1.82) is 0 Å². The molecule has 0 aliphatic carbocycles. The van der Waals surface area contributed by atoms with E-state index in [1.807, 2.05) is 36.4 Å². The fourth-order valence-corrected chi connectivity index (χ4v) is 2.56. The van der Waals surface area contributed by atoms with E-state index in [0.717, 1.165) is 16.6 Å². The van der Waals surface area contributed by atoms with Crippen molar-refractivity contribution in [3.05, 3.63) is 64.6 Å². The average molecular weight is 319 g/mol. The van der Waals surface area contributed by atoms with Crippen molar-refractivity contribution in [2.75, 3.05) is 0 Å². The third kappa shape index (κ3) is 3.60. The summed E-state index contributed by atoms with van der Waals surface area (Å²) in [7, 11) is 0. The zero-order chi connectivity index (χ0) is 13.7. The highest BCUT2D eigenvalue weighted by molar-refractivity contribution is 9.10. The van der Waals surface area contributed by atoms with Crippen LogP contribution in [0.2, 0.25) is 0 Å². The van der Waals surface area contributed by atoms with Gasteiger partial charge in [-0.05, 0) is 30.5 Å². The minimum Gasteiger partial charge on any atom is -0.485 e. The van der Waals surface area contributed by atoms with E-state index in [4.69, 9.17) is 4.74 Å². The van der Waals surface area contributed by atoms with Crippen molar-refractivity contribution < 1.29 is 4.74 Å². The molecule has 0 aromatic heterocycles. The first-order chi connectivity index (χ1) is 9.22. The smallest absolute Gasteiger partial charge is 0.127 e. The molecule has 0 spiro atoms. The average Bonchev–Trinajstić information content (AvgIpc) is 2.46. The highest BCUT2D eigenvalue weighted by Crippen LogP contribution is 2.34. The van der Waals surface area contributed by atoms with E-state index in [-0.39, 0.29) is 6.10 Å². The predicted octanol–water partition coefficient (Wildman–Crippen LogP) is 5.62. The SMILES string of the molecule is CCC(C)C(Oc1ccccc1)c1ccccc1Br. The van der Waals surface area contributed by atoms with Crippen molar-refractivity contribution in [2.24, 2.45) is 5.92 Å². The topological polar surface area (TPSA) is 9.23 Å². The third-order valence-corrected chi connectivity index (χ3v) is 4.10. The summed E-state index contributed by atoms with van der Waals surface area (Å²) in [4.78, 5) is 0. The Morgan fingerprint density at radius 2 is 1.63 bits per heavy atom. The Kier molecular flexibility index (Phi) is 5.03. The summed E-state index contributed by atoms with van der Waals surface area (Å²) in [5.74, 6) is 1.38. The number of para-hydroxylation sites is 1. The van der Waals surface area contributed by atoms with Crippen LogP contribution in [0.15, 0.2) is 59.1 Å². The van der Waals surface area contributed by atoms with Gasteiger partial charge in [-0.25, -0.2) is 0 Å². The number of rotatable bonds is 5. The molecule has 0 heterocycles. The molecule has 0 N–H and O–H groups in total. The van der Waals surface area contributed by atoms with Gasteiger partial charge in [0.15, 0.2) is 0 Å². The summed E-state index contributed by atoms with van der Waals surface area (Å²) in [6.07, 6.45) is 1.15. The number of halogens is 1. The molecule has 100 valence electrons. The Bertz CT molecular complexity index is 510. The van der Waals surface area contributed by atoms with Gasteiger partial charge in [0, 0.05) is 10.0 Å². The summed E-state index contributed by atoms with van der Waals surface area (Å²) < 4.78 is 7.31. The molecule has 0 aliphatic heterocycles. The maximum atomic E-state index is 6.20. The zero-order valence-corrected chi connectivity index (χ0v) is 12.9. The van der Waals surface area contributed by atoms with E-state index >= 15 is 0 Å². The zero-order valence-electron chi connectivity index (χ0n) is 11.3. The summed E-state index contributed by atoms with van der Waals surface area (Å²) >= 11 is 3.63. The minimum absolute atomic E-state index is 0.0722. The van der Waals surface area contributed by atoms with Crippen molar-refractivity contribution in [1.82, 2.24) is 0 Å². The van der Waals surface area contributed by atoms with Crippen LogP contribution in [0.5, 0.6) is 5.75 Å². The second kappa shape index (κ2) is 6.76. The minimum atomic E-state index is 0.0722. The standard InChI is InChI=1S/C17H19BrO/c1-3-13(2)17(15-11-7-8-12-16(15)18)19-14-9-5-4-6-10-14/h4-13,17H,3H2,1-2H3. The van der Waals surface area contributed by atoms with Gasteiger partial charge in [-0.3, -0.25) is 0 Å². The lowest BCUT2D eigenvalue weighted by Gasteiger charge is -2.25. The third-order valence-electron chi connectivity index (χ3n) is 3.38. The molecule has 2 aromatic rings.